The van der Waals surface area contributed by atoms with Gasteiger partial charge in [0, 0.05) is 36.7 Å². The van der Waals surface area contributed by atoms with E-state index in [4.69, 9.17) is 9.97 Å². The van der Waals surface area contributed by atoms with Crippen LogP contribution in [0.15, 0.2) is 30.3 Å². The van der Waals surface area contributed by atoms with Crippen molar-refractivity contribution in [3.8, 4) is 0 Å². The van der Waals surface area contributed by atoms with Crippen molar-refractivity contribution in [1.29, 1.82) is 0 Å². The summed E-state index contributed by atoms with van der Waals surface area (Å²) in [6.45, 7) is 15.7. The van der Waals surface area contributed by atoms with Gasteiger partial charge in [-0.15, -0.1) is 11.3 Å². The summed E-state index contributed by atoms with van der Waals surface area (Å²) in [4.78, 5) is 19.8. The number of aryl methyl sites for hydroxylation is 2. The number of hydrogen-bond donors (Lipinski definition) is 0. The molecule has 5 nitrogen and oxygen atoms in total. The number of hydrogen-bond acceptors (Lipinski definition) is 6. The van der Waals surface area contributed by atoms with Gasteiger partial charge in [-0.25, -0.2) is 9.97 Å². The minimum atomic E-state index is 0.815. The number of anilines is 2. The van der Waals surface area contributed by atoms with Crippen molar-refractivity contribution in [3.05, 3.63) is 46.6 Å². The van der Waals surface area contributed by atoms with Gasteiger partial charge in [0.15, 0.2) is 0 Å². The molecule has 0 N–H and O–H groups in total. The largest absolute Gasteiger partial charge is 0.368 e. The van der Waals surface area contributed by atoms with Crippen LogP contribution in [0.1, 0.15) is 30.1 Å². The van der Waals surface area contributed by atoms with Gasteiger partial charge < -0.3 is 9.80 Å². The molecule has 0 unspecified atom stereocenters. The SMILES string of the molecule is CCN(CC)Cc1nc(N2CCN(c3ccccc3)CC2)c2c(C)c(C)sc2n1. The summed E-state index contributed by atoms with van der Waals surface area (Å²) in [5, 5.41) is 1.25. The van der Waals surface area contributed by atoms with Crippen molar-refractivity contribution in [1.82, 2.24) is 14.9 Å². The van der Waals surface area contributed by atoms with Crippen molar-refractivity contribution < 1.29 is 0 Å². The maximum atomic E-state index is 5.09. The molecule has 1 aliphatic rings. The summed E-state index contributed by atoms with van der Waals surface area (Å²) in [5.74, 6) is 2.08. The van der Waals surface area contributed by atoms with Gasteiger partial charge in [-0.05, 0) is 44.6 Å². The molecule has 0 spiro atoms. The second-order valence-electron chi connectivity index (χ2n) is 7.70. The van der Waals surface area contributed by atoms with Crippen LogP contribution in [0.3, 0.4) is 0 Å². The molecule has 3 heterocycles. The Kier molecular flexibility index (Phi) is 6.01. The Bertz CT molecular complexity index is 956. The summed E-state index contributed by atoms with van der Waals surface area (Å²) < 4.78 is 0. The van der Waals surface area contributed by atoms with Gasteiger partial charge >= 0.3 is 0 Å². The third-order valence-electron chi connectivity index (χ3n) is 6.02. The van der Waals surface area contributed by atoms with Crippen molar-refractivity contribution in [2.45, 2.75) is 34.2 Å². The monoisotopic (exact) mass is 409 g/mol. The van der Waals surface area contributed by atoms with E-state index in [1.807, 2.05) is 0 Å². The predicted octanol–water partition coefficient (Wildman–Crippen LogP) is 4.48. The maximum absolute atomic E-state index is 5.09. The molecule has 4 rings (SSSR count). The molecule has 2 aromatic heterocycles. The Morgan fingerprint density at radius 1 is 0.931 bits per heavy atom. The Hall–Kier alpha value is -2.18. The Labute approximate surface area is 178 Å². The Balaban J connectivity index is 1.63. The highest BCUT2D eigenvalue weighted by Crippen LogP contribution is 2.35. The second-order valence-corrected chi connectivity index (χ2v) is 8.90. The fourth-order valence-electron chi connectivity index (χ4n) is 4.03. The fraction of sp³-hybridized carbons (Fsp3) is 0.478. The van der Waals surface area contributed by atoms with E-state index in [1.165, 1.54) is 21.5 Å². The average Bonchev–Trinajstić information content (AvgIpc) is 3.05. The number of piperazine rings is 1. The van der Waals surface area contributed by atoms with Gasteiger partial charge in [0.05, 0.1) is 11.9 Å². The summed E-state index contributed by atoms with van der Waals surface area (Å²) in [6.07, 6.45) is 0. The second kappa shape index (κ2) is 8.67. The maximum Gasteiger partial charge on any atom is 0.146 e. The topological polar surface area (TPSA) is 35.5 Å². The lowest BCUT2D eigenvalue weighted by molar-refractivity contribution is 0.288. The summed E-state index contributed by atoms with van der Waals surface area (Å²) in [5.41, 5.74) is 2.64. The molecule has 0 radical (unpaired) electrons. The predicted molar refractivity (Wildman–Crippen MR) is 124 cm³/mol. The zero-order valence-electron chi connectivity index (χ0n) is 18.0. The zero-order chi connectivity index (χ0) is 20.4. The van der Waals surface area contributed by atoms with E-state index >= 15 is 0 Å². The lowest BCUT2D eigenvalue weighted by atomic mass is 10.2. The number of nitrogens with zero attached hydrogens (tertiary/aromatic N) is 5. The van der Waals surface area contributed by atoms with E-state index in [0.29, 0.717) is 0 Å². The molecule has 6 heteroatoms. The lowest BCUT2D eigenvalue weighted by Crippen LogP contribution is -2.47. The molecule has 1 fully saturated rings. The standard InChI is InChI=1S/C23H31N5S/c1-5-26(6-2)16-20-24-22(21-17(3)18(4)29-23(21)25-20)28-14-12-27(13-15-28)19-10-8-7-9-11-19/h7-11H,5-6,12-16H2,1-4H3. The molecule has 3 aromatic rings. The number of fused-ring (bicyclic) bond motifs is 1. The fourth-order valence-corrected chi connectivity index (χ4v) is 5.08. The van der Waals surface area contributed by atoms with E-state index < -0.39 is 0 Å². The van der Waals surface area contributed by atoms with Gasteiger partial charge in [-0.3, -0.25) is 4.90 Å². The third-order valence-corrected chi connectivity index (χ3v) is 7.12. The summed E-state index contributed by atoms with van der Waals surface area (Å²) >= 11 is 1.80. The van der Waals surface area contributed by atoms with Crippen molar-refractivity contribution in [3.63, 3.8) is 0 Å². The zero-order valence-corrected chi connectivity index (χ0v) is 18.8. The normalized spacial score (nSPS) is 14.9. The van der Waals surface area contributed by atoms with E-state index in [1.54, 1.807) is 11.3 Å². The quantitative estimate of drug-likeness (QED) is 0.600. The van der Waals surface area contributed by atoms with Crippen LogP contribution >= 0.6 is 11.3 Å². The molecular formula is C23H31N5S. The highest BCUT2D eigenvalue weighted by atomic mass is 32.1. The van der Waals surface area contributed by atoms with Gasteiger partial charge in [-0.2, -0.15) is 0 Å². The first-order valence-corrected chi connectivity index (χ1v) is 11.5. The number of benzene rings is 1. The number of aromatic nitrogens is 2. The molecule has 29 heavy (non-hydrogen) atoms. The van der Waals surface area contributed by atoms with Crippen LogP contribution in [0.25, 0.3) is 10.2 Å². The Morgan fingerprint density at radius 3 is 2.24 bits per heavy atom. The van der Waals surface area contributed by atoms with Gasteiger partial charge in [0.2, 0.25) is 0 Å². The van der Waals surface area contributed by atoms with Crippen LogP contribution in [0.5, 0.6) is 0 Å². The van der Waals surface area contributed by atoms with Crippen LogP contribution in [-0.2, 0) is 6.54 Å². The smallest absolute Gasteiger partial charge is 0.146 e. The van der Waals surface area contributed by atoms with Gasteiger partial charge in [0.1, 0.15) is 16.5 Å². The number of para-hydroxylation sites is 1. The molecule has 1 aromatic carbocycles. The first kappa shape index (κ1) is 20.1. The van der Waals surface area contributed by atoms with Crippen molar-refractivity contribution in [2.24, 2.45) is 0 Å². The molecule has 154 valence electrons. The Morgan fingerprint density at radius 2 is 1.59 bits per heavy atom. The third kappa shape index (κ3) is 4.09. The number of rotatable bonds is 6. The van der Waals surface area contributed by atoms with E-state index in [-0.39, 0.29) is 0 Å². The molecule has 0 aliphatic carbocycles. The number of thiophene rings is 1. The van der Waals surface area contributed by atoms with E-state index in [2.05, 4.69) is 72.7 Å². The molecule has 0 amide bonds. The molecule has 0 atom stereocenters. The van der Waals surface area contributed by atoms with Crippen molar-refractivity contribution >= 4 is 33.1 Å². The summed E-state index contributed by atoms with van der Waals surface area (Å²) in [6, 6.07) is 10.7. The molecule has 1 saturated heterocycles. The lowest BCUT2D eigenvalue weighted by Gasteiger charge is -2.37. The molecule has 0 saturated carbocycles. The highest BCUT2D eigenvalue weighted by Gasteiger charge is 2.23. The minimum absolute atomic E-state index is 0.815. The van der Waals surface area contributed by atoms with Crippen LogP contribution in [0.4, 0.5) is 11.5 Å². The highest BCUT2D eigenvalue weighted by molar-refractivity contribution is 7.18. The van der Waals surface area contributed by atoms with Crippen molar-refractivity contribution in [2.75, 3.05) is 49.1 Å². The first-order valence-electron chi connectivity index (χ1n) is 10.6. The minimum Gasteiger partial charge on any atom is -0.368 e. The van der Waals surface area contributed by atoms with Gasteiger partial charge in [-0.1, -0.05) is 32.0 Å². The van der Waals surface area contributed by atoms with E-state index in [9.17, 15) is 0 Å². The van der Waals surface area contributed by atoms with Crippen LogP contribution in [-0.4, -0.2) is 54.1 Å². The summed E-state index contributed by atoms with van der Waals surface area (Å²) in [7, 11) is 0. The molecule has 1 aliphatic heterocycles. The average molecular weight is 410 g/mol. The van der Waals surface area contributed by atoms with Crippen LogP contribution in [0, 0.1) is 13.8 Å². The molecular weight excluding hydrogens is 378 g/mol. The van der Waals surface area contributed by atoms with Crippen LogP contribution < -0.4 is 9.80 Å². The van der Waals surface area contributed by atoms with Gasteiger partial charge in [0.25, 0.3) is 0 Å². The van der Waals surface area contributed by atoms with Crippen LogP contribution in [0.2, 0.25) is 0 Å². The first-order chi connectivity index (χ1) is 14.1. The molecule has 0 bridgehead atoms. The van der Waals surface area contributed by atoms with E-state index in [0.717, 1.165) is 62.3 Å².